The van der Waals surface area contributed by atoms with Crippen molar-refractivity contribution < 1.29 is 21.6 Å². The molecule has 0 radical (unpaired) electrons. The molecular formula is C18H24F3N3O2S. The van der Waals surface area contributed by atoms with Crippen molar-refractivity contribution in [1.29, 1.82) is 0 Å². The van der Waals surface area contributed by atoms with Crippen LogP contribution in [0.4, 0.5) is 13.2 Å². The Morgan fingerprint density at radius 1 is 1.11 bits per heavy atom. The maximum absolute atomic E-state index is 12.8. The first-order valence-electron chi connectivity index (χ1n) is 8.94. The number of aromatic amines is 1. The zero-order valence-electron chi connectivity index (χ0n) is 15.5. The molecule has 1 fully saturated rings. The number of halogens is 3. The van der Waals surface area contributed by atoms with Gasteiger partial charge in [0, 0.05) is 23.3 Å². The van der Waals surface area contributed by atoms with Crippen LogP contribution in [0.5, 0.6) is 0 Å². The molecule has 0 amide bonds. The van der Waals surface area contributed by atoms with Crippen LogP contribution in [0.25, 0.3) is 11.0 Å². The predicted molar refractivity (Wildman–Crippen MR) is 97.9 cm³/mol. The zero-order valence-corrected chi connectivity index (χ0v) is 16.3. The smallest absolute Gasteiger partial charge is 0.343 e. The molecule has 1 saturated carbocycles. The number of fused-ring (bicyclic) bond motifs is 1. The number of nitrogens with one attached hydrogen (secondary N) is 2. The Labute approximate surface area is 156 Å². The van der Waals surface area contributed by atoms with Crippen molar-refractivity contribution in [2.75, 3.05) is 0 Å². The van der Waals surface area contributed by atoms with Gasteiger partial charge in [0.2, 0.25) is 10.0 Å². The van der Waals surface area contributed by atoms with Crippen molar-refractivity contribution in [3.63, 3.8) is 0 Å². The van der Waals surface area contributed by atoms with E-state index in [0.717, 1.165) is 30.8 Å². The van der Waals surface area contributed by atoms with Crippen LogP contribution in [-0.2, 0) is 16.2 Å². The second kappa shape index (κ2) is 6.77. The Morgan fingerprint density at radius 3 is 2.30 bits per heavy atom. The lowest BCUT2D eigenvalue weighted by Crippen LogP contribution is -2.45. The van der Waals surface area contributed by atoms with E-state index in [1.54, 1.807) is 26.8 Å². The first-order chi connectivity index (χ1) is 12.4. The average molecular weight is 403 g/mol. The summed E-state index contributed by atoms with van der Waals surface area (Å²) in [5, 5.41) is 0.440. The zero-order chi connectivity index (χ0) is 20.0. The SMILES string of the molecule is CC(C)(C)S(=O)(=O)NC1CCC(c2cc3cc(C(F)(F)F)cnc3[nH]2)CC1. The van der Waals surface area contributed by atoms with Crippen LogP contribution in [0.3, 0.4) is 0 Å². The summed E-state index contributed by atoms with van der Waals surface area (Å²) in [5.41, 5.74) is 0.531. The van der Waals surface area contributed by atoms with Gasteiger partial charge in [0.1, 0.15) is 5.65 Å². The van der Waals surface area contributed by atoms with Gasteiger partial charge in [-0.1, -0.05) is 0 Å². The van der Waals surface area contributed by atoms with Crippen LogP contribution >= 0.6 is 0 Å². The van der Waals surface area contributed by atoms with E-state index in [-0.39, 0.29) is 12.0 Å². The molecule has 1 aliphatic rings. The minimum absolute atomic E-state index is 0.107. The van der Waals surface area contributed by atoms with Crippen LogP contribution in [0.15, 0.2) is 18.3 Å². The first kappa shape index (κ1) is 20.1. The molecule has 27 heavy (non-hydrogen) atoms. The molecule has 0 aromatic carbocycles. The largest absolute Gasteiger partial charge is 0.417 e. The lowest BCUT2D eigenvalue weighted by Gasteiger charge is -2.31. The maximum atomic E-state index is 12.8. The molecule has 0 saturated heterocycles. The molecule has 2 N–H and O–H groups in total. The van der Waals surface area contributed by atoms with Gasteiger partial charge in [-0.15, -0.1) is 0 Å². The Balaban J connectivity index is 1.69. The number of H-pyrrole nitrogens is 1. The summed E-state index contributed by atoms with van der Waals surface area (Å²) < 4.78 is 65.0. The summed E-state index contributed by atoms with van der Waals surface area (Å²) in [4.78, 5) is 7.00. The number of nitrogens with zero attached hydrogens (tertiary/aromatic N) is 1. The molecule has 2 heterocycles. The second-order valence-electron chi connectivity index (χ2n) is 8.17. The lowest BCUT2D eigenvalue weighted by atomic mass is 9.84. The average Bonchev–Trinajstić information content (AvgIpc) is 2.96. The van der Waals surface area contributed by atoms with E-state index in [9.17, 15) is 21.6 Å². The van der Waals surface area contributed by atoms with E-state index in [1.807, 2.05) is 0 Å². The second-order valence-corrected chi connectivity index (χ2v) is 10.6. The van der Waals surface area contributed by atoms with Crippen molar-refractivity contribution in [3.05, 3.63) is 29.6 Å². The predicted octanol–water partition coefficient (Wildman–Crippen LogP) is 4.33. The van der Waals surface area contributed by atoms with E-state index in [4.69, 9.17) is 0 Å². The summed E-state index contributed by atoms with van der Waals surface area (Å²) in [7, 11) is -3.39. The Bertz CT molecular complexity index is 921. The van der Waals surface area contributed by atoms with Gasteiger partial charge in [-0.2, -0.15) is 13.2 Å². The van der Waals surface area contributed by atoms with Crippen LogP contribution in [0.1, 0.15) is 63.6 Å². The highest BCUT2D eigenvalue weighted by Gasteiger charge is 2.34. The quantitative estimate of drug-likeness (QED) is 0.801. The molecule has 150 valence electrons. The van der Waals surface area contributed by atoms with Gasteiger partial charge in [0.25, 0.3) is 0 Å². The monoisotopic (exact) mass is 403 g/mol. The number of alkyl halides is 3. The minimum Gasteiger partial charge on any atom is -0.343 e. The molecule has 0 aliphatic heterocycles. The highest BCUT2D eigenvalue weighted by Crippen LogP contribution is 2.36. The van der Waals surface area contributed by atoms with Crippen molar-refractivity contribution in [3.8, 4) is 0 Å². The number of aromatic nitrogens is 2. The van der Waals surface area contributed by atoms with Crippen LogP contribution < -0.4 is 4.72 Å². The minimum atomic E-state index is -4.42. The number of hydrogen-bond donors (Lipinski definition) is 2. The van der Waals surface area contributed by atoms with E-state index < -0.39 is 26.5 Å². The van der Waals surface area contributed by atoms with Crippen LogP contribution in [0.2, 0.25) is 0 Å². The normalized spacial score (nSPS) is 22.3. The van der Waals surface area contributed by atoms with E-state index in [2.05, 4.69) is 14.7 Å². The van der Waals surface area contributed by atoms with Crippen LogP contribution in [0, 0.1) is 0 Å². The highest BCUT2D eigenvalue weighted by atomic mass is 32.2. The van der Waals surface area contributed by atoms with Gasteiger partial charge in [0.15, 0.2) is 0 Å². The number of pyridine rings is 1. The lowest BCUT2D eigenvalue weighted by molar-refractivity contribution is -0.137. The topological polar surface area (TPSA) is 74.8 Å². The molecule has 3 rings (SSSR count). The van der Waals surface area contributed by atoms with E-state index in [1.165, 1.54) is 0 Å². The van der Waals surface area contributed by atoms with Crippen molar-refractivity contribution in [1.82, 2.24) is 14.7 Å². The van der Waals surface area contributed by atoms with E-state index >= 15 is 0 Å². The van der Waals surface area contributed by atoms with Crippen molar-refractivity contribution in [2.24, 2.45) is 0 Å². The molecule has 5 nitrogen and oxygen atoms in total. The molecular weight excluding hydrogens is 379 g/mol. The summed E-state index contributed by atoms with van der Waals surface area (Å²) in [6.45, 7) is 4.98. The number of hydrogen-bond acceptors (Lipinski definition) is 3. The molecule has 9 heteroatoms. The molecule has 2 aromatic rings. The standard InChI is InChI=1S/C18H24F3N3O2S/c1-17(2,3)27(25,26)24-14-6-4-11(5-7-14)15-9-12-8-13(18(19,20)21)10-22-16(12)23-15/h8-11,14,24H,4-7H2,1-3H3,(H,22,23). The van der Waals surface area contributed by atoms with Gasteiger partial charge in [-0.25, -0.2) is 18.1 Å². The first-order valence-corrected chi connectivity index (χ1v) is 10.4. The fourth-order valence-corrected chi connectivity index (χ4v) is 4.36. The Hall–Kier alpha value is -1.61. The third-order valence-corrected chi connectivity index (χ3v) is 7.37. The van der Waals surface area contributed by atoms with Gasteiger partial charge in [0.05, 0.1) is 10.3 Å². The molecule has 0 bridgehead atoms. The van der Waals surface area contributed by atoms with Crippen molar-refractivity contribution in [2.45, 2.75) is 69.3 Å². The summed E-state index contributed by atoms with van der Waals surface area (Å²) in [6.07, 6.45) is -0.679. The maximum Gasteiger partial charge on any atom is 0.417 e. The fourth-order valence-electron chi connectivity index (χ4n) is 3.33. The highest BCUT2D eigenvalue weighted by molar-refractivity contribution is 7.90. The summed E-state index contributed by atoms with van der Waals surface area (Å²) in [6, 6.07) is 2.72. The Kier molecular flexibility index (Phi) is 5.05. The molecule has 2 aromatic heterocycles. The molecule has 0 spiro atoms. The number of rotatable bonds is 3. The van der Waals surface area contributed by atoms with Gasteiger partial charge >= 0.3 is 6.18 Å². The fraction of sp³-hybridized carbons (Fsp3) is 0.611. The van der Waals surface area contributed by atoms with Crippen molar-refractivity contribution >= 4 is 21.1 Å². The molecule has 0 unspecified atom stereocenters. The summed E-state index contributed by atoms with van der Waals surface area (Å²) in [5.74, 6) is 0.156. The number of sulfonamides is 1. The third kappa shape index (κ3) is 4.29. The van der Waals surface area contributed by atoms with Gasteiger partial charge in [-0.05, 0) is 64.5 Å². The van der Waals surface area contributed by atoms with Gasteiger partial charge in [-0.3, -0.25) is 0 Å². The molecule has 1 aliphatic carbocycles. The molecule has 0 atom stereocenters. The summed E-state index contributed by atoms with van der Waals surface area (Å²) >= 11 is 0. The van der Waals surface area contributed by atoms with Gasteiger partial charge < -0.3 is 4.98 Å². The Morgan fingerprint density at radius 2 is 1.74 bits per heavy atom. The van der Waals surface area contributed by atoms with Crippen LogP contribution in [-0.4, -0.2) is 29.2 Å². The van der Waals surface area contributed by atoms with E-state index in [0.29, 0.717) is 23.9 Å². The third-order valence-electron chi connectivity index (χ3n) is 5.11.